The second kappa shape index (κ2) is 6.04. The zero-order valence-corrected chi connectivity index (χ0v) is 12.5. The van der Waals surface area contributed by atoms with Crippen LogP contribution in [-0.2, 0) is 0 Å². The lowest BCUT2D eigenvalue weighted by Gasteiger charge is -2.34. The van der Waals surface area contributed by atoms with E-state index in [0.29, 0.717) is 11.8 Å². The van der Waals surface area contributed by atoms with E-state index in [9.17, 15) is 0 Å². The van der Waals surface area contributed by atoms with Crippen LogP contribution < -0.4 is 9.80 Å². The summed E-state index contributed by atoms with van der Waals surface area (Å²) in [5, 5.41) is 12.2. The van der Waals surface area contributed by atoms with Crippen molar-refractivity contribution >= 4 is 11.8 Å². The first-order valence-corrected chi connectivity index (χ1v) is 7.57. The molecular formula is C16H16N6O. The molecule has 7 heteroatoms. The molecule has 1 aliphatic heterocycles. The van der Waals surface area contributed by atoms with E-state index in [-0.39, 0.29) is 0 Å². The van der Waals surface area contributed by atoms with Crippen LogP contribution in [0.5, 0.6) is 0 Å². The number of rotatable bonds is 3. The summed E-state index contributed by atoms with van der Waals surface area (Å²) in [7, 11) is 0. The molecule has 0 radical (unpaired) electrons. The van der Waals surface area contributed by atoms with E-state index in [4.69, 9.17) is 4.52 Å². The fourth-order valence-electron chi connectivity index (χ4n) is 2.64. The first kappa shape index (κ1) is 13.7. The average Bonchev–Trinajstić information content (AvgIpc) is 3.14. The molecule has 3 aromatic rings. The third kappa shape index (κ3) is 2.85. The van der Waals surface area contributed by atoms with Crippen LogP contribution >= 0.6 is 0 Å². The molecule has 23 heavy (non-hydrogen) atoms. The second-order valence-corrected chi connectivity index (χ2v) is 5.32. The molecule has 2 aromatic heterocycles. The smallest absolute Gasteiger partial charge is 0.266 e. The lowest BCUT2D eigenvalue weighted by Crippen LogP contribution is -2.47. The van der Waals surface area contributed by atoms with Gasteiger partial charge in [0.2, 0.25) is 0 Å². The number of piperazine rings is 1. The second-order valence-electron chi connectivity index (χ2n) is 5.32. The number of aromatic nitrogens is 4. The Labute approximate surface area is 133 Å². The van der Waals surface area contributed by atoms with Gasteiger partial charge in [-0.15, -0.1) is 5.10 Å². The number of hydrogen-bond donors (Lipinski definition) is 0. The van der Waals surface area contributed by atoms with Crippen LogP contribution in [0.2, 0.25) is 0 Å². The molecule has 0 bridgehead atoms. The van der Waals surface area contributed by atoms with Crippen molar-refractivity contribution in [1.29, 1.82) is 0 Å². The standard InChI is InChI=1S/C16H16N6O/c1-2-5-13(6-3-1)15-18-16(20-23-15)22-11-9-21(10-12-22)14-7-4-8-17-19-14/h1-8H,9-12H2. The van der Waals surface area contributed by atoms with E-state index >= 15 is 0 Å². The molecule has 0 N–H and O–H groups in total. The lowest BCUT2D eigenvalue weighted by molar-refractivity contribution is 0.428. The predicted octanol–water partition coefficient (Wildman–Crippen LogP) is 1.85. The highest BCUT2D eigenvalue weighted by molar-refractivity contribution is 5.54. The van der Waals surface area contributed by atoms with Gasteiger partial charge in [0.05, 0.1) is 0 Å². The number of hydrogen-bond acceptors (Lipinski definition) is 7. The Bertz CT molecular complexity index is 753. The van der Waals surface area contributed by atoms with Crippen LogP contribution in [0.3, 0.4) is 0 Å². The zero-order valence-electron chi connectivity index (χ0n) is 12.5. The quantitative estimate of drug-likeness (QED) is 0.731. The Hall–Kier alpha value is -2.96. The molecule has 0 atom stereocenters. The molecule has 7 nitrogen and oxygen atoms in total. The van der Waals surface area contributed by atoms with E-state index < -0.39 is 0 Å². The summed E-state index contributed by atoms with van der Waals surface area (Å²) in [5.74, 6) is 2.10. The van der Waals surface area contributed by atoms with Gasteiger partial charge >= 0.3 is 0 Å². The summed E-state index contributed by atoms with van der Waals surface area (Å²) in [4.78, 5) is 8.84. The number of nitrogens with zero attached hydrogens (tertiary/aromatic N) is 6. The minimum atomic E-state index is 0.553. The van der Waals surface area contributed by atoms with Gasteiger partial charge in [0.25, 0.3) is 11.8 Å². The lowest BCUT2D eigenvalue weighted by atomic mass is 10.2. The highest BCUT2D eigenvalue weighted by atomic mass is 16.5. The van der Waals surface area contributed by atoms with Crippen molar-refractivity contribution in [2.24, 2.45) is 0 Å². The van der Waals surface area contributed by atoms with Crippen LogP contribution in [0.1, 0.15) is 0 Å². The topological polar surface area (TPSA) is 71.2 Å². The first-order valence-electron chi connectivity index (χ1n) is 7.57. The maximum absolute atomic E-state index is 5.38. The van der Waals surface area contributed by atoms with Gasteiger partial charge in [-0.05, 0) is 29.4 Å². The van der Waals surface area contributed by atoms with Crippen LogP contribution in [0.4, 0.5) is 11.8 Å². The highest BCUT2D eigenvalue weighted by Gasteiger charge is 2.22. The molecule has 1 aromatic carbocycles. The van der Waals surface area contributed by atoms with E-state index in [1.54, 1.807) is 6.20 Å². The molecule has 3 heterocycles. The van der Waals surface area contributed by atoms with E-state index in [2.05, 4.69) is 30.1 Å². The first-order chi connectivity index (χ1) is 11.4. The third-order valence-electron chi connectivity index (χ3n) is 3.88. The molecule has 4 rings (SSSR count). The van der Waals surface area contributed by atoms with Crippen molar-refractivity contribution in [2.45, 2.75) is 0 Å². The Morgan fingerprint density at radius 2 is 1.65 bits per heavy atom. The maximum atomic E-state index is 5.38. The van der Waals surface area contributed by atoms with Gasteiger partial charge in [0, 0.05) is 37.9 Å². The maximum Gasteiger partial charge on any atom is 0.266 e. The van der Waals surface area contributed by atoms with Crippen LogP contribution in [0.15, 0.2) is 53.2 Å². The van der Waals surface area contributed by atoms with Gasteiger partial charge in [-0.2, -0.15) is 10.1 Å². The molecule has 116 valence electrons. The van der Waals surface area contributed by atoms with Crippen molar-refractivity contribution in [2.75, 3.05) is 36.0 Å². The summed E-state index contributed by atoms with van der Waals surface area (Å²) in [5.41, 5.74) is 0.935. The Morgan fingerprint density at radius 1 is 0.870 bits per heavy atom. The third-order valence-corrected chi connectivity index (χ3v) is 3.88. The van der Waals surface area contributed by atoms with E-state index in [1.807, 2.05) is 42.5 Å². The van der Waals surface area contributed by atoms with Crippen LogP contribution in [0.25, 0.3) is 11.5 Å². The molecular weight excluding hydrogens is 292 g/mol. The minimum absolute atomic E-state index is 0.553. The average molecular weight is 308 g/mol. The van der Waals surface area contributed by atoms with Gasteiger partial charge in [-0.1, -0.05) is 18.2 Å². The van der Waals surface area contributed by atoms with Crippen molar-refractivity contribution in [3.63, 3.8) is 0 Å². The van der Waals surface area contributed by atoms with Gasteiger partial charge in [0.15, 0.2) is 5.82 Å². The largest absolute Gasteiger partial charge is 0.352 e. The zero-order chi connectivity index (χ0) is 15.5. The normalized spacial score (nSPS) is 15.0. The summed E-state index contributed by atoms with van der Waals surface area (Å²) in [6.45, 7) is 3.36. The molecule has 0 spiro atoms. The molecule has 0 amide bonds. The molecule has 0 saturated carbocycles. The summed E-state index contributed by atoms with van der Waals surface area (Å²) < 4.78 is 5.38. The van der Waals surface area contributed by atoms with Crippen molar-refractivity contribution in [3.8, 4) is 11.5 Å². The molecule has 1 saturated heterocycles. The van der Waals surface area contributed by atoms with Crippen molar-refractivity contribution < 1.29 is 4.52 Å². The Balaban J connectivity index is 1.44. The summed E-state index contributed by atoms with van der Waals surface area (Å²) in [6.07, 6.45) is 1.68. The van der Waals surface area contributed by atoms with Gasteiger partial charge in [-0.3, -0.25) is 0 Å². The summed E-state index contributed by atoms with van der Waals surface area (Å²) in [6, 6.07) is 13.7. The molecule has 0 aliphatic carbocycles. The SMILES string of the molecule is c1ccc(-c2nc(N3CCN(c4cccnn4)CC3)no2)cc1. The number of benzene rings is 1. The Kier molecular flexibility index (Phi) is 3.59. The van der Waals surface area contributed by atoms with E-state index in [1.165, 1.54) is 0 Å². The van der Waals surface area contributed by atoms with Gasteiger partial charge in [-0.25, -0.2) is 0 Å². The fourth-order valence-corrected chi connectivity index (χ4v) is 2.64. The molecule has 1 aliphatic rings. The predicted molar refractivity (Wildman–Crippen MR) is 86.2 cm³/mol. The number of anilines is 2. The van der Waals surface area contributed by atoms with Crippen molar-refractivity contribution in [1.82, 2.24) is 20.3 Å². The van der Waals surface area contributed by atoms with Crippen LogP contribution in [-0.4, -0.2) is 46.5 Å². The monoisotopic (exact) mass is 308 g/mol. The molecule has 1 fully saturated rings. The molecule has 0 unspecified atom stereocenters. The minimum Gasteiger partial charge on any atom is -0.352 e. The fraction of sp³-hybridized carbons (Fsp3) is 0.250. The Morgan fingerprint density at radius 3 is 2.39 bits per heavy atom. The highest BCUT2D eigenvalue weighted by Crippen LogP contribution is 2.21. The van der Waals surface area contributed by atoms with Crippen LogP contribution in [0, 0.1) is 0 Å². The summed E-state index contributed by atoms with van der Waals surface area (Å²) >= 11 is 0. The van der Waals surface area contributed by atoms with Crippen molar-refractivity contribution in [3.05, 3.63) is 48.7 Å². The van der Waals surface area contributed by atoms with Gasteiger partial charge < -0.3 is 14.3 Å². The van der Waals surface area contributed by atoms with Gasteiger partial charge in [0.1, 0.15) is 0 Å². The van der Waals surface area contributed by atoms with E-state index in [0.717, 1.165) is 37.6 Å².